The summed E-state index contributed by atoms with van der Waals surface area (Å²) in [6.07, 6.45) is 8.80. The summed E-state index contributed by atoms with van der Waals surface area (Å²) in [4.78, 5) is 0. The summed E-state index contributed by atoms with van der Waals surface area (Å²) in [5, 5.41) is 0. The second-order valence-corrected chi connectivity index (χ2v) is 6.36. The Morgan fingerprint density at radius 3 is 2.25 bits per heavy atom. The molecule has 4 aliphatic carbocycles. The fraction of sp³-hybridized carbons (Fsp3) is 0.562. The largest absolute Gasteiger partial charge is 0.0622 e. The molecule has 0 saturated heterocycles. The smallest absolute Gasteiger partial charge is 0.00362 e. The Labute approximate surface area is 98.1 Å². The first kappa shape index (κ1) is 9.27. The molecule has 0 aromatic heterocycles. The number of hydrogen-bond donors (Lipinski definition) is 0. The van der Waals surface area contributed by atoms with Crippen LogP contribution in [0.25, 0.3) is 0 Å². The van der Waals surface area contributed by atoms with Crippen LogP contribution in [0.1, 0.15) is 44.1 Å². The topological polar surface area (TPSA) is 0 Å². The van der Waals surface area contributed by atoms with Crippen molar-refractivity contribution >= 4 is 0 Å². The molecule has 4 aliphatic rings. The number of benzene rings is 1. The summed E-state index contributed by atoms with van der Waals surface area (Å²) in [5.41, 5.74) is 2.18. The van der Waals surface area contributed by atoms with Gasteiger partial charge in [0.05, 0.1) is 0 Å². The van der Waals surface area contributed by atoms with Gasteiger partial charge < -0.3 is 0 Å². The van der Waals surface area contributed by atoms with E-state index in [1.165, 1.54) is 38.5 Å². The van der Waals surface area contributed by atoms with Gasteiger partial charge in [-0.15, -0.1) is 0 Å². The summed E-state index contributed by atoms with van der Waals surface area (Å²) >= 11 is 0. The van der Waals surface area contributed by atoms with E-state index in [1.807, 2.05) is 5.92 Å². The minimum atomic E-state index is 0.556. The maximum absolute atomic E-state index is 2.37. The first-order chi connectivity index (χ1) is 7.84. The molecule has 0 spiro atoms. The standard InChI is InChI=1S/C16H19/c1-2-4-15(5-3-1)16-9-12-6-13(10-16)8-14(7-12)11-16/h1-5,12-13H,6-11H2. The van der Waals surface area contributed by atoms with Crippen molar-refractivity contribution in [1.29, 1.82) is 0 Å². The van der Waals surface area contributed by atoms with E-state index in [9.17, 15) is 0 Å². The van der Waals surface area contributed by atoms with Crippen LogP contribution in [0.4, 0.5) is 0 Å². The zero-order valence-corrected chi connectivity index (χ0v) is 9.78. The zero-order chi connectivity index (χ0) is 10.6. The van der Waals surface area contributed by atoms with Crippen LogP contribution in [-0.4, -0.2) is 0 Å². The van der Waals surface area contributed by atoms with Gasteiger partial charge >= 0.3 is 0 Å². The Kier molecular flexibility index (Phi) is 1.81. The maximum atomic E-state index is 2.37. The zero-order valence-electron chi connectivity index (χ0n) is 9.78. The third kappa shape index (κ3) is 1.22. The van der Waals surface area contributed by atoms with Crippen molar-refractivity contribution in [2.24, 2.45) is 11.8 Å². The van der Waals surface area contributed by atoms with Gasteiger partial charge in [-0.1, -0.05) is 30.3 Å². The summed E-state index contributed by atoms with van der Waals surface area (Å²) in [5.74, 6) is 3.94. The lowest BCUT2D eigenvalue weighted by atomic mass is 9.48. The molecule has 0 heterocycles. The van der Waals surface area contributed by atoms with E-state index in [0.29, 0.717) is 5.41 Å². The second-order valence-electron chi connectivity index (χ2n) is 6.36. The fourth-order valence-corrected chi connectivity index (χ4v) is 4.93. The number of hydrogen-bond acceptors (Lipinski definition) is 0. The van der Waals surface area contributed by atoms with E-state index < -0.39 is 0 Å². The SMILES string of the molecule is c1ccc(C23C[C]4CC(CC(C4)C2)C3)cc1. The van der Waals surface area contributed by atoms with Gasteiger partial charge in [0.25, 0.3) is 0 Å². The molecule has 1 aromatic rings. The number of rotatable bonds is 1. The van der Waals surface area contributed by atoms with Gasteiger partial charge in [-0.2, -0.15) is 0 Å². The average Bonchev–Trinajstić information content (AvgIpc) is 2.28. The van der Waals surface area contributed by atoms with Gasteiger partial charge in [0.1, 0.15) is 0 Å². The van der Waals surface area contributed by atoms with E-state index in [-0.39, 0.29) is 0 Å². The van der Waals surface area contributed by atoms with Crippen LogP contribution in [0.3, 0.4) is 0 Å². The van der Waals surface area contributed by atoms with Gasteiger partial charge in [0.2, 0.25) is 0 Å². The van der Waals surface area contributed by atoms with Crippen LogP contribution in [0.15, 0.2) is 30.3 Å². The lowest BCUT2D eigenvalue weighted by Gasteiger charge is -2.57. The lowest BCUT2D eigenvalue weighted by Crippen LogP contribution is -2.47. The molecule has 5 rings (SSSR count). The van der Waals surface area contributed by atoms with E-state index in [0.717, 1.165) is 11.8 Å². The monoisotopic (exact) mass is 211 g/mol. The molecule has 2 atom stereocenters. The first-order valence-corrected chi connectivity index (χ1v) is 6.73. The van der Waals surface area contributed by atoms with Crippen LogP contribution >= 0.6 is 0 Å². The fourth-order valence-electron chi connectivity index (χ4n) is 4.93. The molecule has 0 amide bonds. The Bertz CT molecular complexity index is 354. The average molecular weight is 211 g/mol. The van der Waals surface area contributed by atoms with E-state index in [4.69, 9.17) is 0 Å². The van der Waals surface area contributed by atoms with Crippen molar-refractivity contribution in [3.05, 3.63) is 41.8 Å². The van der Waals surface area contributed by atoms with E-state index >= 15 is 0 Å². The van der Waals surface area contributed by atoms with Gasteiger partial charge in [-0.05, 0) is 67.3 Å². The van der Waals surface area contributed by atoms with E-state index in [2.05, 4.69) is 30.3 Å². The summed E-state index contributed by atoms with van der Waals surface area (Å²) in [7, 11) is 0. The van der Waals surface area contributed by atoms with Gasteiger partial charge in [-0.25, -0.2) is 0 Å². The Morgan fingerprint density at radius 2 is 1.62 bits per heavy atom. The summed E-state index contributed by atoms with van der Waals surface area (Å²) in [6, 6.07) is 11.3. The molecule has 4 saturated carbocycles. The van der Waals surface area contributed by atoms with Crippen LogP contribution < -0.4 is 0 Å². The highest BCUT2D eigenvalue weighted by Crippen LogP contribution is 2.61. The van der Waals surface area contributed by atoms with Crippen LogP contribution in [0.2, 0.25) is 0 Å². The van der Waals surface area contributed by atoms with Crippen molar-refractivity contribution in [3.8, 4) is 0 Å². The molecule has 0 nitrogen and oxygen atoms in total. The minimum Gasteiger partial charge on any atom is -0.0622 e. The predicted octanol–water partition coefficient (Wildman–Crippen LogP) is 4.11. The van der Waals surface area contributed by atoms with Crippen molar-refractivity contribution in [1.82, 2.24) is 0 Å². The summed E-state index contributed by atoms with van der Waals surface area (Å²) in [6.45, 7) is 0. The third-order valence-electron chi connectivity index (χ3n) is 5.15. The van der Waals surface area contributed by atoms with Crippen LogP contribution in [-0.2, 0) is 5.41 Å². The third-order valence-corrected chi connectivity index (χ3v) is 5.15. The molecular weight excluding hydrogens is 192 g/mol. The van der Waals surface area contributed by atoms with Crippen molar-refractivity contribution in [3.63, 3.8) is 0 Å². The maximum Gasteiger partial charge on any atom is -0.00362 e. The van der Waals surface area contributed by atoms with Crippen LogP contribution in [0, 0.1) is 17.8 Å². The Balaban J connectivity index is 1.77. The second kappa shape index (κ2) is 3.12. The molecular formula is C16H19. The molecule has 0 heteroatoms. The van der Waals surface area contributed by atoms with E-state index in [1.54, 1.807) is 5.56 Å². The van der Waals surface area contributed by atoms with Gasteiger partial charge in [0.15, 0.2) is 0 Å². The first-order valence-electron chi connectivity index (χ1n) is 6.73. The molecule has 0 N–H and O–H groups in total. The molecule has 4 fully saturated rings. The Hall–Kier alpha value is -0.780. The predicted molar refractivity (Wildman–Crippen MR) is 66.0 cm³/mol. The minimum absolute atomic E-state index is 0.556. The molecule has 1 radical (unpaired) electrons. The quantitative estimate of drug-likeness (QED) is 0.655. The van der Waals surface area contributed by atoms with Gasteiger partial charge in [0, 0.05) is 0 Å². The molecule has 2 unspecified atom stereocenters. The highest BCUT2D eigenvalue weighted by atomic mass is 14.6. The van der Waals surface area contributed by atoms with Crippen LogP contribution in [0.5, 0.6) is 0 Å². The Morgan fingerprint density at radius 1 is 0.938 bits per heavy atom. The molecule has 83 valence electrons. The lowest BCUT2D eigenvalue weighted by molar-refractivity contribution is 0.0620. The summed E-state index contributed by atoms with van der Waals surface area (Å²) < 4.78 is 0. The normalized spacial score (nSPS) is 41.5. The molecule has 1 aromatic carbocycles. The van der Waals surface area contributed by atoms with Crippen molar-refractivity contribution < 1.29 is 0 Å². The van der Waals surface area contributed by atoms with Crippen molar-refractivity contribution in [2.75, 3.05) is 0 Å². The molecule has 0 aliphatic heterocycles. The van der Waals surface area contributed by atoms with Gasteiger partial charge in [-0.3, -0.25) is 0 Å². The molecule has 4 bridgehead atoms. The highest BCUT2D eigenvalue weighted by molar-refractivity contribution is 5.32. The van der Waals surface area contributed by atoms with Crippen molar-refractivity contribution in [2.45, 2.75) is 43.9 Å². The highest BCUT2D eigenvalue weighted by Gasteiger charge is 2.51. The molecule has 16 heavy (non-hydrogen) atoms.